The summed E-state index contributed by atoms with van der Waals surface area (Å²) in [7, 11) is 4.72. The molecular weight excluding hydrogens is 334 g/mol. The van der Waals surface area contributed by atoms with Gasteiger partial charge in [0.2, 0.25) is 17.6 Å². The van der Waals surface area contributed by atoms with E-state index in [1.807, 2.05) is 42.5 Å². The normalized spacial score (nSPS) is 10.4. The van der Waals surface area contributed by atoms with Gasteiger partial charge in [-0.25, -0.2) is 4.68 Å². The molecule has 8 heteroatoms. The topological polar surface area (TPSA) is 96.5 Å². The van der Waals surface area contributed by atoms with Gasteiger partial charge in [0.1, 0.15) is 0 Å². The summed E-state index contributed by atoms with van der Waals surface area (Å²) in [5, 5.41) is 7.53. The number of nitrogens with two attached hydrogens (primary N) is 1. The molecule has 0 atom stereocenters. The summed E-state index contributed by atoms with van der Waals surface area (Å²) >= 11 is 0. The van der Waals surface area contributed by atoms with E-state index in [0.29, 0.717) is 35.7 Å². The smallest absolute Gasteiger partial charge is 0.248 e. The maximum atomic E-state index is 6.00. The van der Waals surface area contributed by atoms with Gasteiger partial charge in [-0.1, -0.05) is 18.2 Å². The molecule has 0 radical (unpaired) electrons. The lowest BCUT2D eigenvalue weighted by Gasteiger charge is -2.14. The number of benzene rings is 2. The van der Waals surface area contributed by atoms with E-state index in [0.717, 1.165) is 11.3 Å². The Morgan fingerprint density at radius 1 is 1.00 bits per heavy atom. The molecule has 1 heterocycles. The van der Waals surface area contributed by atoms with Gasteiger partial charge >= 0.3 is 0 Å². The molecule has 136 valence electrons. The summed E-state index contributed by atoms with van der Waals surface area (Å²) < 4.78 is 17.7. The molecule has 3 rings (SSSR count). The fraction of sp³-hybridized carbons (Fsp3) is 0.222. The molecule has 0 aliphatic heterocycles. The van der Waals surface area contributed by atoms with Gasteiger partial charge in [-0.2, -0.15) is 4.98 Å². The van der Waals surface area contributed by atoms with E-state index in [2.05, 4.69) is 15.4 Å². The molecule has 0 amide bonds. The minimum absolute atomic E-state index is 0.303. The van der Waals surface area contributed by atoms with E-state index in [1.54, 1.807) is 26.0 Å². The lowest BCUT2D eigenvalue weighted by molar-refractivity contribution is 0.323. The zero-order chi connectivity index (χ0) is 18.5. The molecule has 0 saturated heterocycles. The first-order valence-corrected chi connectivity index (χ1v) is 7.96. The molecule has 0 bridgehead atoms. The molecule has 8 nitrogen and oxygen atoms in total. The highest BCUT2D eigenvalue weighted by Crippen LogP contribution is 2.38. The van der Waals surface area contributed by atoms with Gasteiger partial charge in [0.15, 0.2) is 11.5 Å². The fourth-order valence-electron chi connectivity index (χ4n) is 2.57. The largest absolute Gasteiger partial charge is 0.493 e. The predicted octanol–water partition coefficient (Wildman–Crippen LogP) is 2.68. The molecule has 1 aromatic heterocycles. The van der Waals surface area contributed by atoms with E-state index in [-0.39, 0.29) is 0 Å². The Hall–Kier alpha value is -3.42. The molecule has 2 aromatic carbocycles. The minimum atomic E-state index is 0.303. The molecule has 0 fully saturated rings. The van der Waals surface area contributed by atoms with Crippen LogP contribution in [0.5, 0.6) is 17.2 Å². The van der Waals surface area contributed by atoms with Crippen LogP contribution in [0, 0.1) is 0 Å². The van der Waals surface area contributed by atoms with Crippen molar-refractivity contribution in [2.75, 3.05) is 32.4 Å². The number of hydrogen-bond acceptors (Lipinski definition) is 7. The van der Waals surface area contributed by atoms with Gasteiger partial charge in [0, 0.05) is 5.69 Å². The van der Waals surface area contributed by atoms with Crippen LogP contribution in [0.3, 0.4) is 0 Å². The number of ether oxygens (including phenoxy) is 3. The fourth-order valence-corrected chi connectivity index (χ4v) is 2.57. The van der Waals surface area contributed by atoms with E-state index < -0.39 is 0 Å². The highest BCUT2D eigenvalue weighted by molar-refractivity contribution is 5.55. The Labute approximate surface area is 151 Å². The van der Waals surface area contributed by atoms with Crippen LogP contribution in [0.15, 0.2) is 42.5 Å². The highest BCUT2D eigenvalue weighted by atomic mass is 16.5. The maximum absolute atomic E-state index is 6.00. The Morgan fingerprint density at radius 3 is 2.23 bits per heavy atom. The third-order valence-electron chi connectivity index (χ3n) is 3.79. The molecule has 0 aliphatic rings. The monoisotopic (exact) mass is 355 g/mol. The Balaban J connectivity index is 1.85. The zero-order valence-corrected chi connectivity index (χ0v) is 14.9. The van der Waals surface area contributed by atoms with Crippen molar-refractivity contribution in [1.82, 2.24) is 14.8 Å². The summed E-state index contributed by atoms with van der Waals surface area (Å²) in [5.41, 5.74) is 7.78. The SMILES string of the molecule is COc1cc(Cn2nc(Nc3ccccc3)nc2N)cc(OC)c1OC. The summed E-state index contributed by atoms with van der Waals surface area (Å²) in [6.45, 7) is 0.409. The predicted molar refractivity (Wildman–Crippen MR) is 99.4 cm³/mol. The standard InChI is InChI=1S/C18H21N5O3/c1-24-14-9-12(10-15(25-2)16(14)26-3)11-23-17(19)21-18(22-23)20-13-7-5-4-6-8-13/h4-10H,11H2,1-3H3,(H3,19,20,21,22). The number of nitrogens with zero attached hydrogens (tertiary/aromatic N) is 3. The van der Waals surface area contributed by atoms with Crippen LogP contribution in [-0.2, 0) is 6.54 Å². The molecule has 3 N–H and O–H groups in total. The highest BCUT2D eigenvalue weighted by Gasteiger charge is 2.15. The third-order valence-corrected chi connectivity index (χ3v) is 3.79. The van der Waals surface area contributed by atoms with E-state index in [4.69, 9.17) is 19.9 Å². The van der Waals surface area contributed by atoms with Crippen LogP contribution in [0.2, 0.25) is 0 Å². The Bertz CT molecular complexity index is 855. The van der Waals surface area contributed by atoms with Crippen LogP contribution < -0.4 is 25.3 Å². The van der Waals surface area contributed by atoms with Crippen molar-refractivity contribution in [2.24, 2.45) is 0 Å². The molecule has 0 unspecified atom stereocenters. The van der Waals surface area contributed by atoms with Crippen LogP contribution >= 0.6 is 0 Å². The number of anilines is 3. The average molecular weight is 355 g/mol. The first-order chi connectivity index (χ1) is 12.6. The second-order valence-electron chi connectivity index (χ2n) is 5.48. The van der Waals surface area contributed by atoms with Crippen LogP contribution in [0.1, 0.15) is 5.56 Å². The lowest BCUT2D eigenvalue weighted by atomic mass is 10.2. The van der Waals surface area contributed by atoms with Crippen molar-refractivity contribution in [3.8, 4) is 17.2 Å². The number of aromatic nitrogens is 3. The number of hydrogen-bond donors (Lipinski definition) is 2. The van der Waals surface area contributed by atoms with Crippen molar-refractivity contribution >= 4 is 17.6 Å². The molecule has 26 heavy (non-hydrogen) atoms. The van der Waals surface area contributed by atoms with E-state index >= 15 is 0 Å². The van der Waals surface area contributed by atoms with Gasteiger partial charge in [-0.3, -0.25) is 0 Å². The second kappa shape index (κ2) is 7.64. The van der Waals surface area contributed by atoms with Crippen molar-refractivity contribution < 1.29 is 14.2 Å². The summed E-state index contributed by atoms with van der Waals surface area (Å²) in [6, 6.07) is 13.4. The van der Waals surface area contributed by atoms with Crippen LogP contribution in [-0.4, -0.2) is 36.1 Å². The van der Waals surface area contributed by atoms with Gasteiger partial charge in [-0.05, 0) is 29.8 Å². The first kappa shape index (κ1) is 17.4. The van der Waals surface area contributed by atoms with Gasteiger partial charge in [0.05, 0.1) is 27.9 Å². The van der Waals surface area contributed by atoms with Gasteiger partial charge < -0.3 is 25.3 Å². The summed E-state index contributed by atoms with van der Waals surface area (Å²) in [6.07, 6.45) is 0. The molecule has 0 spiro atoms. The number of rotatable bonds is 7. The zero-order valence-electron chi connectivity index (χ0n) is 14.9. The lowest BCUT2D eigenvalue weighted by Crippen LogP contribution is -2.07. The number of nitrogen functional groups attached to an aromatic ring is 1. The van der Waals surface area contributed by atoms with E-state index in [1.165, 1.54) is 0 Å². The average Bonchev–Trinajstić information content (AvgIpc) is 3.00. The molecular formula is C18H21N5O3. The number of para-hydroxylation sites is 1. The Kier molecular flexibility index (Phi) is 5.12. The van der Waals surface area contributed by atoms with Crippen molar-refractivity contribution in [2.45, 2.75) is 6.54 Å². The molecule has 0 aliphatic carbocycles. The number of methoxy groups -OCH3 is 3. The third kappa shape index (κ3) is 3.64. The van der Waals surface area contributed by atoms with Crippen molar-refractivity contribution in [3.63, 3.8) is 0 Å². The van der Waals surface area contributed by atoms with Gasteiger partial charge in [0.25, 0.3) is 0 Å². The quantitative estimate of drug-likeness (QED) is 0.672. The van der Waals surface area contributed by atoms with Crippen molar-refractivity contribution in [1.29, 1.82) is 0 Å². The second-order valence-corrected chi connectivity index (χ2v) is 5.48. The first-order valence-electron chi connectivity index (χ1n) is 7.96. The summed E-state index contributed by atoms with van der Waals surface area (Å²) in [5.74, 6) is 2.42. The number of nitrogens with one attached hydrogen (secondary N) is 1. The maximum Gasteiger partial charge on any atom is 0.248 e. The van der Waals surface area contributed by atoms with Crippen LogP contribution in [0.25, 0.3) is 0 Å². The Morgan fingerprint density at radius 2 is 1.65 bits per heavy atom. The molecule has 0 saturated carbocycles. The van der Waals surface area contributed by atoms with Crippen molar-refractivity contribution in [3.05, 3.63) is 48.0 Å². The van der Waals surface area contributed by atoms with Gasteiger partial charge in [-0.15, -0.1) is 5.10 Å². The van der Waals surface area contributed by atoms with Crippen LogP contribution in [0.4, 0.5) is 17.6 Å². The minimum Gasteiger partial charge on any atom is -0.493 e. The molecule has 3 aromatic rings. The summed E-state index contributed by atoms with van der Waals surface area (Å²) in [4.78, 5) is 4.25. The van der Waals surface area contributed by atoms with E-state index in [9.17, 15) is 0 Å².